The first-order chi connectivity index (χ1) is 9.48. The molecule has 0 unspecified atom stereocenters. The Kier molecular flexibility index (Phi) is 7.18. The van der Waals surface area contributed by atoms with E-state index in [9.17, 15) is 8.42 Å². The van der Waals surface area contributed by atoms with Crippen LogP contribution in [-0.4, -0.2) is 33.1 Å². The Hall–Kier alpha value is -0.920. The first-order valence-corrected chi connectivity index (χ1v) is 9.23. The lowest BCUT2D eigenvalue weighted by Gasteiger charge is -2.12. The van der Waals surface area contributed by atoms with Gasteiger partial charge in [-0.05, 0) is 37.3 Å². The van der Waals surface area contributed by atoms with Crippen LogP contribution in [0, 0.1) is 0 Å². The number of nitrogen functional groups attached to an aromatic ring is 1. The van der Waals surface area contributed by atoms with E-state index < -0.39 is 10.0 Å². The van der Waals surface area contributed by atoms with Crippen LogP contribution in [0.4, 0.5) is 11.4 Å². The van der Waals surface area contributed by atoms with Crippen molar-refractivity contribution < 1.29 is 13.2 Å². The highest BCUT2D eigenvalue weighted by Crippen LogP contribution is 2.27. The van der Waals surface area contributed by atoms with Gasteiger partial charge in [-0.1, -0.05) is 6.92 Å². The van der Waals surface area contributed by atoms with Crippen LogP contribution in [0.2, 0.25) is 0 Å². The highest BCUT2D eigenvalue weighted by Gasteiger charge is 2.12. The maximum Gasteiger partial charge on any atom is 0.235 e. The summed E-state index contributed by atoms with van der Waals surface area (Å²) in [7, 11) is -3.43. The predicted octanol–water partition coefficient (Wildman–Crippen LogP) is 2.55. The van der Waals surface area contributed by atoms with Crippen LogP contribution in [0.5, 0.6) is 0 Å². The van der Waals surface area contributed by atoms with E-state index >= 15 is 0 Å². The molecule has 1 aromatic carbocycles. The average molecular weight is 318 g/mol. The number of benzene rings is 1. The molecule has 0 aromatic heterocycles. The van der Waals surface area contributed by atoms with Crippen molar-refractivity contribution >= 4 is 33.2 Å². The molecule has 0 heterocycles. The van der Waals surface area contributed by atoms with E-state index in [1.807, 2.05) is 13.0 Å². The van der Waals surface area contributed by atoms with Crippen molar-refractivity contribution in [3.63, 3.8) is 0 Å². The monoisotopic (exact) mass is 318 g/mol. The van der Waals surface area contributed by atoms with Crippen LogP contribution in [0.15, 0.2) is 23.1 Å². The zero-order chi connectivity index (χ0) is 15.0. The molecule has 0 aliphatic carbocycles. The topological polar surface area (TPSA) is 81.4 Å². The molecular weight excluding hydrogens is 296 g/mol. The zero-order valence-electron chi connectivity index (χ0n) is 11.9. The number of nitrogens with two attached hydrogens (primary N) is 1. The maximum atomic E-state index is 11.9. The lowest BCUT2D eigenvalue weighted by molar-refractivity contribution is 0.163. The summed E-state index contributed by atoms with van der Waals surface area (Å²) in [5, 5.41) is 0. The van der Waals surface area contributed by atoms with Crippen molar-refractivity contribution in [2.75, 3.05) is 35.2 Å². The Balaban J connectivity index is 2.74. The summed E-state index contributed by atoms with van der Waals surface area (Å²) >= 11 is 1.68. The summed E-state index contributed by atoms with van der Waals surface area (Å²) in [5.74, 6) is 0.910. The van der Waals surface area contributed by atoms with Gasteiger partial charge < -0.3 is 10.5 Å². The SMILES string of the molecule is CCCSc1ccc(N)c(NS(=O)(=O)CCOCC)c1. The number of sulfonamides is 1. The molecule has 114 valence electrons. The Bertz CT molecular complexity index is 518. The van der Waals surface area contributed by atoms with Crippen LogP contribution in [0.3, 0.4) is 0 Å². The molecule has 7 heteroatoms. The van der Waals surface area contributed by atoms with Crippen LogP contribution >= 0.6 is 11.8 Å². The standard InChI is InChI=1S/C13H22N2O3S2/c1-3-8-19-11-5-6-12(14)13(10-11)15-20(16,17)9-7-18-4-2/h5-6,10,15H,3-4,7-9,14H2,1-2H3. The molecule has 1 rings (SSSR count). The van der Waals surface area contributed by atoms with E-state index in [1.165, 1.54) is 0 Å². The van der Waals surface area contributed by atoms with Crippen LogP contribution in [0.25, 0.3) is 0 Å². The molecule has 0 bridgehead atoms. The van der Waals surface area contributed by atoms with Gasteiger partial charge in [0.1, 0.15) is 0 Å². The summed E-state index contributed by atoms with van der Waals surface area (Å²) in [5.41, 5.74) is 6.67. The third-order valence-corrected chi connectivity index (χ3v) is 4.90. The van der Waals surface area contributed by atoms with Gasteiger partial charge in [0.2, 0.25) is 10.0 Å². The predicted molar refractivity (Wildman–Crippen MR) is 85.8 cm³/mol. The lowest BCUT2D eigenvalue weighted by Crippen LogP contribution is -2.20. The van der Waals surface area contributed by atoms with Gasteiger partial charge in [0.05, 0.1) is 23.7 Å². The zero-order valence-corrected chi connectivity index (χ0v) is 13.5. The average Bonchev–Trinajstić information content (AvgIpc) is 2.39. The van der Waals surface area contributed by atoms with Crippen molar-refractivity contribution in [3.8, 4) is 0 Å². The summed E-state index contributed by atoms with van der Waals surface area (Å²) in [4.78, 5) is 1.00. The van der Waals surface area contributed by atoms with Gasteiger partial charge in [0.15, 0.2) is 0 Å². The van der Waals surface area contributed by atoms with Crippen molar-refractivity contribution in [1.82, 2.24) is 0 Å². The smallest absolute Gasteiger partial charge is 0.235 e. The Morgan fingerprint density at radius 1 is 1.35 bits per heavy atom. The molecule has 0 fully saturated rings. The second-order valence-corrected chi connectivity index (χ2v) is 7.23. The molecule has 0 spiro atoms. The van der Waals surface area contributed by atoms with Gasteiger partial charge >= 0.3 is 0 Å². The third kappa shape index (κ3) is 6.02. The van der Waals surface area contributed by atoms with E-state index in [1.54, 1.807) is 23.9 Å². The second-order valence-electron chi connectivity index (χ2n) is 4.22. The fourth-order valence-electron chi connectivity index (χ4n) is 1.47. The van der Waals surface area contributed by atoms with Crippen LogP contribution in [-0.2, 0) is 14.8 Å². The van der Waals surface area contributed by atoms with Crippen LogP contribution in [0.1, 0.15) is 20.3 Å². The van der Waals surface area contributed by atoms with Gasteiger partial charge in [-0.25, -0.2) is 8.42 Å². The minimum Gasteiger partial charge on any atom is -0.397 e. The van der Waals surface area contributed by atoms with Gasteiger partial charge in [-0.3, -0.25) is 4.72 Å². The lowest BCUT2D eigenvalue weighted by atomic mass is 10.3. The molecule has 0 aliphatic heterocycles. The quantitative estimate of drug-likeness (QED) is 0.415. The molecule has 5 nitrogen and oxygen atoms in total. The van der Waals surface area contributed by atoms with E-state index in [2.05, 4.69) is 11.6 Å². The van der Waals surface area contributed by atoms with E-state index in [0.717, 1.165) is 17.1 Å². The molecule has 0 aliphatic rings. The number of hydrogen-bond donors (Lipinski definition) is 2. The number of hydrogen-bond acceptors (Lipinski definition) is 5. The van der Waals surface area contributed by atoms with E-state index in [4.69, 9.17) is 10.5 Å². The second kappa shape index (κ2) is 8.39. The molecule has 0 amide bonds. The summed E-state index contributed by atoms with van der Waals surface area (Å²) in [6, 6.07) is 5.39. The fourth-order valence-corrected chi connectivity index (χ4v) is 3.22. The highest BCUT2D eigenvalue weighted by molar-refractivity contribution is 7.99. The van der Waals surface area contributed by atoms with Crippen molar-refractivity contribution in [2.45, 2.75) is 25.2 Å². The van der Waals surface area contributed by atoms with Crippen LogP contribution < -0.4 is 10.5 Å². The summed E-state index contributed by atoms with van der Waals surface area (Å²) < 4.78 is 31.4. The number of nitrogens with one attached hydrogen (secondary N) is 1. The normalized spacial score (nSPS) is 11.5. The number of anilines is 2. The van der Waals surface area contributed by atoms with E-state index in [0.29, 0.717) is 18.0 Å². The van der Waals surface area contributed by atoms with E-state index in [-0.39, 0.29) is 12.4 Å². The molecule has 3 N–H and O–H groups in total. The molecule has 0 radical (unpaired) electrons. The first kappa shape index (κ1) is 17.1. The molecule has 20 heavy (non-hydrogen) atoms. The van der Waals surface area contributed by atoms with Crippen molar-refractivity contribution in [2.24, 2.45) is 0 Å². The third-order valence-electron chi connectivity index (χ3n) is 2.46. The molecular formula is C13H22N2O3S2. The summed E-state index contributed by atoms with van der Waals surface area (Å²) in [6.45, 7) is 4.60. The van der Waals surface area contributed by atoms with Gasteiger partial charge in [0, 0.05) is 11.5 Å². The van der Waals surface area contributed by atoms with Gasteiger partial charge in [0.25, 0.3) is 0 Å². The molecule has 0 saturated heterocycles. The Labute approximate surface area is 125 Å². The van der Waals surface area contributed by atoms with Crippen molar-refractivity contribution in [1.29, 1.82) is 0 Å². The number of rotatable bonds is 9. The summed E-state index contributed by atoms with van der Waals surface area (Å²) in [6.07, 6.45) is 1.06. The minimum absolute atomic E-state index is 0.0768. The van der Waals surface area contributed by atoms with Crippen molar-refractivity contribution in [3.05, 3.63) is 18.2 Å². The number of thioether (sulfide) groups is 1. The van der Waals surface area contributed by atoms with Gasteiger partial charge in [-0.2, -0.15) is 0 Å². The maximum absolute atomic E-state index is 11.9. The Morgan fingerprint density at radius 2 is 2.10 bits per heavy atom. The molecule has 0 atom stereocenters. The number of ether oxygens (including phenoxy) is 1. The Morgan fingerprint density at radius 3 is 2.75 bits per heavy atom. The minimum atomic E-state index is -3.43. The van der Waals surface area contributed by atoms with Gasteiger partial charge in [-0.15, -0.1) is 11.8 Å². The molecule has 0 saturated carbocycles. The first-order valence-electron chi connectivity index (χ1n) is 6.59. The highest BCUT2D eigenvalue weighted by atomic mass is 32.2. The fraction of sp³-hybridized carbons (Fsp3) is 0.538. The molecule has 1 aromatic rings. The largest absolute Gasteiger partial charge is 0.397 e.